The summed E-state index contributed by atoms with van der Waals surface area (Å²) in [4.78, 5) is 0. The van der Waals surface area contributed by atoms with Crippen molar-refractivity contribution in [2.45, 2.75) is 43.8 Å². The lowest BCUT2D eigenvalue weighted by atomic mass is 9.79. The molecule has 6 rings (SSSR count). The molecule has 0 saturated carbocycles. The molecule has 1 atom stereocenters. The van der Waals surface area contributed by atoms with E-state index < -0.39 is 11.2 Å². The zero-order valence-electron chi connectivity index (χ0n) is 20.0. The van der Waals surface area contributed by atoms with Crippen molar-refractivity contribution in [3.05, 3.63) is 148 Å². The van der Waals surface area contributed by atoms with Crippen molar-refractivity contribution in [1.29, 1.82) is 0 Å². The molecular weight excluding hydrogens is 428 g/mol. The van der Waals surface area contributed by atoms with Gasteiger partial charge in [-0.1, -0.05) is 104 Å². The molecule has 2 aliphatic carbocycles. The summed E-state index contributed by atoms with van der Waals surface area (Å²) >= 11 is 0. The molecule has 35 heavy (non-hydrogen) atoms. The predicted molar refractivity (Wildman–Crippen MR) is 141 cm³/mol. The minimum absolute atomic E-state index is 0.574. The molecule has 0 aromatic heterocycles. The molecule has 0 spiro atoms. The molecule has 2 nitrogen and oxygen atoms in total. The van der Waals surface area contributed by atoms with Gasteiger partial charge in [0.25, 0.3) is 0 Å². The van der Waals surface area contributed by atoms with Crippen molar-refractivity contribution in [2.24, 2.45) is 0 Å². The standard InChI is InChI=1S/C33H30O2/c1-2-32(34)30-17-9-5-13-25(30)21-26(27-14-6-10-18-31(27)32)22-33(35)28-15-7-3-11-23(28)19-20-24-12-4-8-16-29(24)33/h3-18,22,34-35H,2,19-21H2,1H3/b26-22+. The fourth-order valence-electron chi connectivity index (χ4n) is 6.20. The highest BCUT2D eigenvalue weighted by Gasteiger charge is 2.40. The Morgan fingerprint density at radius 1 is 0.629 bits per heavy atom. The number of rotatable bonds is 2. The van der Waals surface area contributed by atoms with E-state index in [1.165, 1.54) is 11.1 Å². The number of hydrogen-bond acceptors (Lipinski definition) is 2. The van der Waals surface area contributed by atoms with Gasteiger partial charge in [0.15, 0.2) is 0 Å². The van der Waals surface area contributed by atoms with Crippen LogP contribution in [0.25, 0.3) is 5.57 Å². The number of hydrogen-bond donors (Lipinski definition) is 2. The fraction of sp³-hybridized carbons (Fsp3) is 0.212. The summed E-state index contributed by atoms with van der Waals surface area (Å²) in [6.07, 6.45) is 5.07. The van der Waals surface area contributed by atoms with Crippen LogP contribution in [0.3, 0.4) is 0 Å². The zero-order valence-corrected chi connectivity index (χ0v) is 20.0. The van der Waals surface area contributed by atoms with Crippen molar-refractivity contribution < 1.29 is 10.2 Å². The highest BCUT2D eigenvalue weighted by molar-refractivity contribution is 5.76. The van der Waals surface area contributed by atoms with Gasteiger partial charge in [-0.15, -0.1) is 0 Å². The Kier molecular flexibility index (Phi) is 5.25. The van der Waals surface area contributed by atoms with Gasteiger partial charge in [0.1, 0.15) is 11.2 Å². The highest BCUT2D eigenvalue weighted by Crippen LogP contribution is 2.46. The molecule has 0 saturated heterocycles. The minimum atomic E-state index is -1.27. The van der Waals surface area contributed by atoms with E-state index in [0.717, 1.165) is 51.8 Å². The summed E-state index contributed by atoms with van der Waals surface area (Å²) in [6, 6.07) is 32.9. The lowest BCUT2D eigenvalue weighted by molar-refractivity contribution is 0.0760. The molecule has 174 valence electrons. The maximum Gasteiger partial charge on any atom is 0.134 e. The van der Waals surface area contributed by atoms with Crippen LogP contribution in [0.4, 0.5) is 0 Å². The molecule has 4 aromatic carbocycles. The van der Waals surface area contributed by atoms with Gasteiger partial charge in [-0.2, -0.15) is 0 Å². The Hall–Kier alpha value is -3.46. The fourth-order valence-corrected chi connectivity index (χ4v) is 6.20. The van der Waals surface area contributed by atoms with E-state index in [1.54, 1.807) is 0 Å². The molecule has 0 radical (unpaired) electrons. The van der Waals surface area contributed by atoms with Crippen molar-refractivity contribution in [3.63, 3.8) is 0 Å². The maximum atomic E-state index is 12.6. The van der Waals surface area contributed by atoms with E-state index in [1.807, 2.05) is 55.5 Å². The second-order valence-corrected chi connectivity index (χ2v) is 9.84. The third kappa shape index (κ3) is 3.40. The van der Waals surface area contributed by atoms with Gasteiger partial charge < -0.3 is 10.2 Å². The third-order valence-corrected chi connectivity index (χ3v) is 7.98. The topological polar surface area (TPSA) is 40.5 Å². The molecule has 0 fully saturated rings. The van der Waals surface area contributed by atoms with E-state index >= 15 is 0 Å². The summed E-state index contributed by atoms with van der Waals surface area (Å²) < 4.78 is 0. The summed E-state index contributed by atoms with van der Waals surface area (Å²) in [7, 11) is 0. The van der Waals surface area contributed by atoms with Crippen LogP contribution >= 0.6 is 0 Å². The van der Waals surface area contributed by atoms with Crippen LogP contribution in [0.1, 0.15) is 57.9 Å². The van der Waals surface area contributed by atoms with Crippen molar-refractivity contribution in [1.82, 2.24) is 0 Å². The molecule has 2 N–H and O–H groups in total. The predicted octanol–water partition coefficient (Wildman–Crippen LogP) is 6.31. The third-order valence-electron chi connectivity index (χ3n) is 7.98. The zero-order chi connectivity index (χ0) is 24.0. The Balaban J connectivity index is 1.66. The summed E-state index contributed by atoms with van der Waals surface area (Å²) in [5, 5.41) is 24.6. The molecule has 0 bridgehead atoms. The molecule has 2 heteroatoms. The second kappa shape index (κ2) is 8.34. The summed E-state index contributed by atoms with van der Waals surface area (Å²) in [6.45, 7) is 2.04. The monoisotopic (exact) mass is 458 g/mol. The number of allylic oxidation sites excluding steroid dienone is 1. The lowest BCUT2D eigenvalue weighted by Crippen LogP contribution is -2.28. The van der Waals surface area contributed by atoms with Gasteiger partial charge in [0.2, 0.25) is 0 Å². The molecule has 1 unspecified atom stereocenters. The molecule has 4 aromatic rings. The lowest BCUT2D eigenvalue weighted by Gasteiger charge is -2.31. The average Bonchev–Trinajstić information content (AvgIpc) is 3.09. The first-order valence-electron chi connectivity index (χ1n) is 12.6. The van der Waals surface area contributed by atoms with Crippen LogP contribution in [0.5, 0.6) is 0 Å². The summed E-state index contributed by atoms with van der Waals surface area (Å²) in [5.41, 5.74) is 6.87. The van der Waals surface area contributed by atoms with Gasteiger partial charge >= 0.3 is 0 Å². The smallest absolute Gasteiger partial charge is 0.134 e. The van der Waals surface area contributed by atoms with Crippen LogP contribution in [-0.4, -0.2) is 10.2 Å². The number of aryl methyl sites for hydroxylation is 2. The van der Waals surface area contributed by atoms with Gasteiger partial charge in [-0.25, -0.2) is 0 Å². The minimum Gasteiger partial charge on any atom is -0.380 e. The Labute approximate surface area is 207 Å². The van der Waals surface area contributed by atoms with Gasteiger partial charge in [0.05, 0.1) is 0 Å². The van der Waals surface area contributed by atoms with Gasteiger partial charge in [-0.05, 0) is 81.8 Å². The Morgan fingerprint density at radius 2 is 1.11 bits per heavy atom. The SMILES string of the molecule is CCC1(O)c2ccccc2C/C(=C\C2(O)c3ccccc3CCc3ccccc32)c2ccccc21. The van der Waals surface area contributed by atoms with E-state index in [4.69, 9.17) is 0 Å². The Morgan fingerprint density at radius 3 is 1.71 bits per heavy atom. The quantitative estimate of drug-likeness (QED) is 0.370. The first-order valence-corrected chi connectivity index (χ1v) is 12.6. The van der Waals surface area contributed by atoms with Crippen LogP contribution in [-0.2, 0) is 30.5 Å². The first kappa shape index (κ1) is 22.0. The summed E-state index contributed by atoms with van der Waals surface area (Å²) in [5.74, 6) is 0. The van der Waals surface area contributed by atoms with E-state index in [0.29, 0.717) is 12.8 Å². The van der Waals surface area contributed by atoms with Crippen molar-refractivity contribution >= 4 is 5.57 Å². The Bertz CT molecular complexity index is 1400. The van der Waals surface area contributed by atoms with E-state index in [-0.39, 0.29) is 0 Å². The van der Waals surface area contributed by atoms with Crippen LogP contribution in [0.15, 0.2) is 103 Å². The molecular formula is C33H30O2. The first-order chi connectivity index (χ1) is 17.0. The van der Waals surface area contributed by atoms with Crippen molar-refractivity contribution in [2.75, 3.05) is 0 Å². The van der Waals surface area contributed by atoms with Gasteiger partial charge in [-0.3, -0.25) is 0 Å². The van der Waals surface area contributed by atoms with Crippen LogP contribution in [0.2, 0.25) is 0 Å². The van der Waals surface area contributed by atoms with Crippen LogP contribution in [0, 0.1) is 0 Å². The number of fused-ring (bicyclic) bond motifs is 4. The number of aliphatic hydroxyl groups is 2. The highest BCUT2D eigenvalue weighted by atomic mass is 16.3. The number of benzene rings is 4. The molecule has 0 aliphatic heterocycles. The normalized spacial score (nSPS) is 21.2. The van der Waals surface area contributed by atoms with Crippen LogP contribution < -0.4 is 0 Å². The largest absolute Gasteiger partial charge is 0.380 e. The van der Waals surface area contributed by atoms with Gasteiger partial charge in [0, 0.05) is 0 Å². The van der Waals surface area contributed by atoms with E-state index in [9.17, 15) is 10.2 Å². The molecule has 0 amide bonds. The molecule has 2 aliphatic rings. The second-order valence-electron chi connectivity index (χ2n) is 9.84. The maximum absolute atomic E-state index is 12.6. The van der Waals surface area contributed by atoms with Crippen molar-refractivity contribution in [3.8, 4) is 0 Å². The van der Waals surface area contributed by atoms with E-state index in [2.05, 4.69) is 54.6 Å². The molecule has 0 heterocycles. The average molecular weight is 459 g/mol.